The lowest BCUT2D eigenvalue weighted by Gasteiger charge is -2.35. The second-order valence-electron chi connectivity index (χ2n) is 16.0. The third kappa shape index (κ3) is 8.23. The summed E-state index contributed by atoms with van der Waals surface area (Å²) in [5.74, 6) is -2.24. The molecule has 15 nitrogen and oxygen atoms in total. The van der Waals surface area contributed by atoms with Crippen LogP contribution in [-0.4, -0.2) is 93.4 Å². The standard InChI is InChI=1S/C40H49N7O8S/c1-8-22-17-40(22,36(50)51)46-34(48)29-15-24(19-47(29)35(49)33(39(4,5)6)45-38(52)55-23-11-9-10-12-23)54-31-16-27(28-20-56-37(44-28)42-21(2)3)43-32-25(31)13-14-30(53-7)26(32)18-41/h8,13-14,16,20-24,29,33H,1,9-12,15,17,19H2,2-7H3,(H,42,44)(H,45,52)(H,46,48)(H,50,51)/t22-,24-,29+,33-,40-/m1/s1. The number of carbonyl (C=O) groups is 4. The highest BCUT2D eigenvalue weighted by Crippen LogP contribution is 2.45. The van der Waals surface area contributed by atoms with Crippen molar-refractivity contribution in [3.05, 3.63) is 41.8 Å². The summed E-state index contributed by atoms with van der Waals surface area (Å²) in [6.45, 7) is 13.1. The van der Waals surface area contributed by atoms with Crippen LogP contribution in [-0.2, 0) is 19.1 Å². The van der Waals surface area contributed by atoms with Crippen molar-refractivity contribution >= 4 is 51.2 Å². The van der Waals surface area contributed by atoms with Crippen molar-refractivity contribution in [3.8, 4) is 29.0 Å². The number of hydrogen-bond donors (Lipinski definition) is 4. The summed E-state index contributed by atoms with van der Waals surface area (Å²) < 4.78 is 17.8. The molecule has 2 aromatic heterocycles. The van der Waals surface area contributed by atoms with Gasteiger partial charge >= 0.3 is 12.1 Å². The topological polar surface area (TPSA) is 205 Å². The first-order chi connectivity index (χ1) is 26.6. The molecule has 16 heteroatoms. The predicted octanol–water partition coefficient (Wildman–Crippen LogP) is 5.64. The van der Waals surface area contributed by atoms with Gasteiger partial charge in [-0.1, -0.05) is 26.8 Å². The van der Waals surface area contributed by atoms with E-state index in [9.17, 15) is 29.5 Å². The number of carboxylic acids is 1. The molecule has 0 radical (unpaired) electrons. The maximum absolute atomic E-state index is 14.6. The number of aliphatic carboxylic acids is 1. The molecule has 56 heavy (non-hydrogen) atoms. The smallest absolute Gasteiger partial charge is 0.408 e. The quantitative estimate of drug-likeness (QED) is 0.156. The average molecular weight is 788 g/mol. The Hall–Kier alpha value is -5.43. The molecule has 2 saturated carbocycles. The van der Waals surface area contributed by atoms with E-state index in [4.69, 9.17) is 24.2 Å². The van der Waals surface area contributed by atoms with Crippen LogP contribution < -0.4 is 25.4 Å². The van der Waals surface area contributed by atoms with Gasteiger partial charge in [-0.25, -0.2) is 19.6 Å². The molecule has 4 N–H and O–H groups in total. The molecular weight excluding hydrogens is 739 g/mol. The Morgan fingerprint density at radius 3 is 2.46 bits per heavy atom. The Labute approximate surface area is 329 Å². The number of carbonyl (C=O) groups excluding carboxylic acids is 3. The molecule has 3 fully saturated rings. The molecule has 0 bridgehead atoms. The first-order valence-corrected chi connectivity index (χ1v) is 19.7. The lowest BCUT2D eigenvalue weighted by molar-refractivity contribution is -0.146. The average Bonchev–Trinajstić information content (AvgIpc) is 3.55. The van der Waals surface area contributed by atoms with E-state index in [1.54, 1.807) is 39.0 Å². The zero-order valence-corrected chi connectivity index (χ0v) is 33.3. The lowest BCUT2D eigenvalue weighted by atomic mass is 9.85. The van der Waals surface area contributed by atoms with Crippen LogP contribution >= 0.6 is 11.3 Å². The van der Waals surface area contributed by atoms with Crippen molar-refractivity contribution in [3.63, 3.8) is 0 Å². The van der Waals surface area contributed by atoms with Gasteiger partial charge in [0.2, 0.25) is 11.8 Å². The van der Waals surface area contributed by atoms with Crippen molar-refractivity contribution in [2.45, 2.75) is 109 Å². The number of nitrogens with zero attached hydrogens (tertiary/aromatic N) is 4. The summed E-state index contributed by atoms with van der Waals surface area (Å²) in [6, 6.07) is 5.16. The highest BCUT2D eigenvalue weighted by atomic mass is 32.1. The summed E-state index contributed by atoms with van der Waals surface area (Å²) in [5, 5.41) is 32.1. The number of pyridine rings is 1. The number of nitrogens with one attached hydrogen (secondary N) is 3. The van der Waals surface area contributed by atoms with Gasteiger partial charge in [-0.05, 0) is 63.5 Å². The number of methoxy groups -OCH3 is 1. The first kappa shape index (κ1) is 40.2. The van der Waals surface area contributed by atoms with Crippen LogP contribution in [0.5, 0.6) is 11.5 Å². The van der Waals surface area contributed by atoms with Gasteiger partial charge in [0.05, 0.1) is 24.9 Å². The van der Waals surface area contributed by atoms with Gasteiger partial charge in [0, 0.05) is 35.2 Å². The molecule has 3 amide bonds. The van der Waals surface area contributed by atoms with Gasteiger partial charge in [-0.3, -0.25) is 9.59 Å². The van der Waals surface area contributed by atoms with Gasteiger partial charge in [0.25, 0.3) is 0 Å². The molecule has 5 atom stereocenters. The molecular formula is C40H49N7O8S. The van der Waals surface area contributed by atoms with Crippen molar-refractivity contribution < 1.29 is 38.5 Å². The number of aromatic nitrogens is 2. The van der Waals surface area contributed by atoms with Gasteiger partial charge in [0.1, 0.15) is 58.7 Å². The molecule has 3 aromatic rings. The van der Waals surface area contributed by atoms with E-state index in [2.05, 4.69) is 28.6 Å². The molecule has 1 saturated heterocycles. The van der Waals surface area contributed by atoms with Crippen LogP contribution in [0.4, 0.5) is 9.93 Å². The Morgan fingerprint density at radius 1 is 1.12 bits per heavy atom. The largest absolute Gasteiger partial charge is 0.495 e. The number of thiazole rings is 1. The van der Waals surface area contributed by atoms with Crippen molar-refractivity contribution in [2.75, 3.05) is 19.0 Å². The number of anilines is 1. The fraction of sp³-hybridized carbons (Fsp3) is 0.525. The van der Waals surface area contributed by atoms with E-state index < -0.39 is 58.9 Å². The predicted molar refractivity (Wildman–Crippen MR) is 209 cm³/mol. The molecule has 6 rings (SSSR count). The second kappa shape index (κ2) is 16.0. The van der Waals surface area contributed by atoms with Crippen LogP contribution in [0.3, 0.4) is 0 Å². The summed E-state index contributed by atoms with van der Waals surface area (Å²) in [4.78, 5) is 65.1. The minimum absolute atomic E-state index is 0.00498. The van der Waals surface area contributed by atoms with Gasteiger partial charge in [0.15, 0.2) is 5.13 Å². The third-order valence-electron chi connectivity index (χ3n) is 10.5. The number of benzene rings is 1. The maximum atomic E-state index is 14.6. The second-order valence-corrected chi connectivity index (χ2v) is 16.9. The highest BCUT2D eigenvalue weighted by Gasteiger charge is 2.61. The Balaban J connectivity index is 1.36. The molecule has 0 unspecified atom stereocenters. The number of alkyl carbamates (subject to hydrolysis) is 1. The number of ether oxygens (including phenoxy) is 3. The number of hydrogen-bond acceptors (Lipinski definition) is 12. The number of likely N-dealkylation sites (tertiary alicyclic amines) is 1. The van der Waals surface area contributed by atoms with E-state index in [-0.39, 0.29) is 37.1 Å². The molecule has 0 spiro atoms. The van der Waals surface area contributed by atoms with Crippen molar-refractivity contribution in [1.29, 1.82) is 5.26 Å². The van der Waals surface area contributed by atoms with E-state index in [0.717, 1.165) is 25.7 Å². The number of rotatable bonds is 13. The number of amides is 3. The van der Waals surface area contributed by atoms with Crippen molar-refractivity contribution in [2.24, 2.45) is 11.3 Å². The minimum Gasteiger partial charge on any atom is -0.495 e. The van der Waals surface area contributed by atoms with E-state index >= 15 is 0 Å². The monoisotopic (exact) mass is 787 g/mol. The zero-order chi connectivity index (χ0) is 40.5. The van der Waals surface area contributed by atoms with Gasteiger partial charge < -0.3 is 40.2 Å². The van der Waals surface area contributed by atoms with Crippen LogP contribution in [0, 0.1) is 22.7 Å². The number of fused-ring (bicyclic) bond motifs is 1. The summed E-state index contributed by atoms with van der Waals surface area (Å²) in [7, 11) is 1.46. The number of carboxylic acid groups (broad SMARTS) is 1. The zero-order valence-electron chi connectivity index (χ0n) is 32.5. The fourth-order valence-electron chi connectivity index (χ4n) is 7.45. The van der Waals surface area contributed by atoms with Crippen molar-refractivity contribution in [1.82, 2.24) is 25.5 Å². The van der Waals surface area contributed by atoms with Gasteiger partial charge in [-0.15, -0.1) is 17.9 Å². The highest BCUT2D eigenvalue weighted by molar-refractivity contribution is 7.14. The molecule has 298 valence electrons. The van der Waals surface area contributed by atoms with E-state index in [0.29, 0.717) is 38.9 Å². The Bertz CT molecular complexity index is 2070. The Kier molecular flexibility index (Phi) is 11.5. The third-order valence-corrected chi connectivity index (χ3v) is 11.3. The van der Waals surface area contributed by atoms with Crippen LogP contribution in [0.2, 0.25) is 0 Å². The van der Waals surface area contributed by atoms with E-state index in [1.807, 2.05) is 19.2 Å². The first-order valence-electron chi connectivity index (χ1n) is 18.8. The van der Waals surface area contributed by atoms with Crippen LogP contribution in [0.25, 0.3) is 22.3 Å². The van der Waals surface area contributed by atoms with E-state index in [1.165, 1.54) is 29.4 Å². The lowest BCUT2D eigenvalue weighted by Crippen LogP contribution is -2.59. The molecule has 3 aliphatic rings. The normalized spacial score (nSPS) is 22.6. The molecule has 2 aliphatic carbocycles. The molecule has 3 heterocycles. The SMILES string of the molecule is C=C[C@@H]1C[C@]1(NC(=O)[C@@H]1C[C@@H](Oc2cc(-c3csc(NC(C)C)n3)nc3c(C#N)c(OC)ccc23)CN1C(=O)[C@@H](NC(=O)OC1CCCC1)C(C)(C)C)C(=O)O. The minimum atomic E-state index is -1.54. The summed E-state index contributed by atoms with van der Waals surface area (Å²) in [5.41, 5.74) is -0.873. The van der Waals surface area contributed by atoms with Gasteiger partial charge in [-0.2, -0.15) is 5.26 Å². The van der Waals surface area contributed by atoms with Crippen LogP contribution in [0.15, 0.2) is 36.2 Å². The molecule has 1 aromatic carbocycles. The summed E-state index contributed by atoms with van der Waals surface area (Å²) in [6.07, 6.45) is 3.32. The maximum Gasteiger partial charge on any atom is 0.408 e. The van der Waals surface area contributed by atoms with Crippen LogP contribution in [0.1, 0.15) is 78.7 Å². The fourth-order valence-corrected chi connectivity index (χ4v) is 8.30. The summed E-state index contributed by atoms with van der Waals surface area (Å²) >= 11 is 1.40. The number of nitriles is 1. The Morgan fingerprint density at radius 2 is 1.86 bits per heavy atom. The molecule has 1 aliphatic heterocycles.